The van der Waals surface area contributed by atoms with Crippen LogP contribution in [0.5, 0.6) is 0 Å². The third kappa shape index (κ3) is 3.10. The molecule has 0 bridgehead atoms. The van der Waals surface area contributed by atoms with Crippen molar-refractivity contribution in [3.8, 4) is 11.4 Å². The van der Waals surface area contributed by atoms with Crippen LogP contribution in [-0.2, 0) is 0 Å². The second kappa shape index (κ2) is 6.56. The molecule has 1 aliphatic rings. The van der Waals surface area contributed by atoms with Crippen LogP contribution >= 0.6 is 15.9 Å². The molecule has 21 heavy (non-hydrogen) atoms. The van der Waals surface area contributed by atoms with Gasteiger partial charge in [-0.1, -0.05) is 43.2 Å². The number of nitrogens with one attached hydrogen (secondary N) is 1. The van der Waals surface area contributed by atoms with Crippen LogP contribution < -0.4 is 5.32 Å². The molecule has 1 N–H and O–H groups in total. The highest BCUT2D eigenvalue weighted by atomic mass is 79.9. The van der Waals surface area contributed by atoms with Gasteiger partial charge in [0.05, 0.1) is 10.2 Å². The Bertz CT molecular complexity index is 607. The van der Waals surface area contributed by atoms with Gasteiger partial charge in [0.15, 0.2) is 5.82 Å². The summed E-state index contributed by atoms with van der Waals surface area (Å²) in [5, 5.41) is 3.35. The second-order valence-corrected chi connectivity index (χ2v) is 6.27. The first-order chi connectivity index (χ1) is 10.3. The molecule has 0 amide bonds. The second-order valence-electron chi connectivity index (χ2n) is 5.47. The van der Waals surface area contributed by atoms with Crippen LogP contribution in [0.3, 0.4) is 0 Å². The summed E-state index contributed by atoms with van der Waals surface area (Å²) in [6, 6.07) is 10.2. The van der Waals surface area contributed by atoms with Gasteiger partial charge in [-0.05, 0) is 35.7 Å². The smallest absolute Gasteiger partial charge is 0.161 e. The van der Waals surface area contributed by atoms with Crippen molar-refractivity contribution in [2.45, 2.75) is 38.5 Å². The Morgan fingerprint density at radius 1 is 1.14 bits per heavy atom. The molecule has 2 aromatic rings. The highest BCUT2D eigenvalue weighted by Crippen LogP contribution is 2.39. The van der Waals surface area contributed by atoms with Gasteiger partial charge in [0.2, 0.25) is 0 Å². The molecule has 0 radical (unpaired) electrons. The molecule has 0 spiro atoms. The van der Waals surface area contributed by atoms with Crippen molar-refractivity contribution in [1.29, 1.82) is 0 Å². The monoisotopic (exact) mass is 345 g/mol. The molecule has 1 saturated carbocycles. The molecule has 1 heterocycles. The summed E-state index contributed by atoms with van der Waals surface area (Å²) in [5.41, 5.74) is 2.24. The topological polar surface area (TPSA) is 37.8 Å². The molecule has 0 aliphatic heterocycles. The fourth-order valence-electron chi connectivity index (χ4n) is 2.94. The average molecular weight is 346 g/mol. The summed E-state index contributed by atoms with van der Waals surface area (Å²) in [5.74, 6) is 2.28. The van der Waals surface area contributed by atoms with Gasteiger partial charge in [-0.15, -0.1) is 0 Å². The van der Waals surface area contributed by atoms with Gasteiger partial charge in [-0.3, -0.25) is 0 Å². The van der Waals surface area contributed by atoms with E-state index in [1.807, 2.05) is 18.2 Å². The third-order valence-corrected chi connectivity index (χ3v) is 4.78. The van der Waals surface area contributed by atoms with Crippen LogP contribution in [-0.4, -0.2) is 16.5 Å². The van der Waals surface area contributed by atoms with E-state index in [4.69, 9.17) is 9.97 Å². The summed E-state index contributed by atoms with van der Waals surface area (Å²) in [4.78, 5) is 9.56. The van der Waals surface area contributed by atoms with Crippen molar-refractivity contribution in [1.82, 2.24) is 9.97 Å². The number of anilines is 1. The molecule has 1 aromatic carbocycles. The van der Waals surface area contributed by atoms with E-state index in [0.29, 0.717) is 5.92 Å². The first kappa shape index (κ1) is 14.5. The largest absolute Gasteiger partial charge is 0.369 e. The quantitative estimate of drug-likeness (QED) is 0.847. The summed E-state index contributed by atoms with van der Waals surface area (Å²) < 4.78 is 1.04. The maximum atomic E-state index is 4.87. The van der Waals surface area contributed by atoms with E-state index in [9.17, 15) is 0 Å². The minimum atomic E-state index is 0.558. The molecule has 1 aromatic heterocycles. The molecule has 0 atom stereocenters. The molecular weight excluding hydrogens is 326 g/mol. The molecule has 1 aliphatic carbocycles. The minimum Gasteiger partial charge on any atom is -0.369 e. The molecule has 0 unspecified atom stereocenters. The van der Waals surface area contributed by atoms with Crippen LogP contribution in [0.1, 0.15) is 44.2 Å². The van der Waals surface area contributed by atoms with Gasteiger partial charge in [0.1, 0.15) is 5.82 Å². The molecule has 4 heteroatoms. The highest BCUT2D eigenvalue weighted by molar-refractivity contribution is 9.10. The van der Waals surface area contributed by atoms with Gasteiger partial charge in [0.25, 0.3) is 0 Å². The zero-order valence-electron chi connectivity index (χ0n) is 12.3. The Kier molecular flexibility index (Phi) is 4.54. The number of aromatic nitrogens is 2. The van der Waals surface area contributed by atoms with Gasteiger partial charge in [0, 0.05) is 18.0 Å². The first-order valence-corrected chi connectivity index (χ1v) is 8.45. The van der Waals surface area contributed by atoms with Gasteiger partial charge >= 0.3 is 0 Å². The molecule has 1 fully saturated rings. The molecule has 3 rings (SSSR count). The molecule has 3 nitrogen and oxygen atoms in total. The van der Waals surface area contributed by atoms with Crippen molar-refractivity contribution in [3.63, 3.8) is 0 Å². The van der Waals surface area contributed by atoms with Crippen molar-refractivity contribution in [3.05, 3.63) is 40.5 Å². The van der Waals surface area contributed by atoms with Crippen LogP contribution in [0.2, 0.25) is 0 Å². The molecule has 0 saturated heterocycles. The zero-order chi connectivity index (χ0) is 14.7. The normalized spacial score (nSPS) is 15.3. The van der Waals surface area contributed by atoms with Gasteiger partial charge < -0.3 is 5.32 Å². The SMILES string of the molecule is CCNc1nc(-c2ccccc2)nc(C2CCCC2)c1Br. The lowest BCUT2D eigenvalue weighted by Crippen LogP contribution is -2.08. The maximum Gasteiger partial charge on any atom is 0.161 e. The Morgan fingerprint density at radius 2 is 1.86 bits per heavy atom. The van der Waals surface area contributed by atoms with E-state index < -0.39 is 0 Å². The van der Waals surface area contributed by atoms with Gasteiger partial charge in [-0.25, -0.2) is 9.97 Å². The minimum absolute atomic E-state index is 0.558. The van der Waals surface area contributed by atoms with Crippen LogP contribution in [0.4, 0.5) is 5.82 Å². The number of hydrogen-bond donors (Lipinski definition) is 1. The van der Waals surface area contributed by atoms with Crippen LogP contribution in [0.25, 0.3) is 11.4 Å². The van der Waals surface area contributed by atoms with Crippen molar-refractivity contribution in [2.75, 3.05) is 11.9 Å². The van der Waals surface area contributed by atoms with E-state index in [1.54, 1.807) is 0 Å². The Balaban J connectivity index is 2.08. The van der Waals surface area contributed by atoms with E-state index >= 15 is 0 Å². The first-order valence-electron chi connectivity index (χ1n) is 7.66. The van der Waals surface area contributed by atoms with E-state index in [1.165, 1.54) is 25.7 Å². The van der Waals surface area contributed by atoms with Crippen molar-refractivity contribution >= 4 is 21.7 Å². The standard InChI is InChI=1S/C17H20BrN3/c1-2-19-17-14(18)15(12-8-6-7-9-12)20-16(21-17)13-10-4-3-5-11-13/h3-5,10-12H,2,6-9H2,1H3,(H,19,20,21). The number of halogens is 1. The summed E-state index contributed by atoms with van der Waals surface area (Å²) >= 11 is 3.71. The maximum absolute atomic E-state index is 4.87. The van der Waals surface area contributed by atoms with Crippen LogP contribution in [0.15, 0.2) is 34.8 Å². The number of hydrogen-bond acceptors (Lipinski definition) is 3. The lowest BCUT2D eigenvalue weighted by molar-refractivity contribution is 0.691. The van der Waals surface area contributed by atoms with Crippen molar-refractivity contribution < 1.29 is 0 Å². The lowest BCUT2D eigenvalue weighted by atomic mass is 10.0. The third-order valence-electron chi connectivity index (χ3n) is 3.99. The van der Waals surface area contributed by atoms with E-state index in [-0.39, 0.29) is 0 Å². The summed E-state index contributed by atoms with van der Waals surface area (Å²) in [7, 11) is 0. The molecular formula is C17H20BrN3. The Labute approximate surface area is 134 Å². The zero-order valence-corrected chi connectivity index (χ0v) is 13.9. The number of rotatable bonds is 4. The Morgan fingerprint density at radius 3 is 2.52 bits per heavy atom. The lowest BCUT2D eigenvalue weighted by Gasteiger charge is -2.16. The predicted octanol–water partition coefficient (Wildman–Crippen LogP) is 5.00. The van der Waals surface area contributed by atoms with Crippen molar-refractivity contribution in [2.24, 2.45) is 0 Å². The molecule has 110 valence electrons. The number of benzene rings is 1. The summed E-state index contributed by atoms with van der Waals surface area (Å²) in [6.07, 6.45) is 5.07. The van der Waals surface area contributed by atoms with E-state index in [0.717, 1.165) is 33.9 Å². The van der Waals surface area contributed by atoms with E-state index in [2.05, 4.69) is 40.3 Å². The number of nitrogens with zero attached hydrogens (tertiary/aromatic N) is 2. The fourth-order valence-corrected chi connectivity index (χ4v) is 3.58. The average Bonchev–Trinajstić information content (AvgIpc) is 3.04. The van der Waals surface area contributed by atoms with Crippen LogP contribution in [0, 0.1) is 0 Å². The van der Waals surface area contributed by atoms with Gasteiger partial charge in [-0.2, -0.15) is 0 Å². The summed E-state index contributed by atoms with van der Waals surface area (Å²) in [6.45, 7) is 2.94. The Hall–Kier alpha value is -1.42. The highest BCUT2D eigenvalue weighted by Gasteiger charge is 2.24. The predicted molar refractivity (Wildman–Crippen MR) is 90.5 cm³/mol. The fraction of sp³-hybridized carbons (Fsp3) is 0.412.